The molecule has 0 bridgehead atoms. The summed E-state index contributed by atoms with van der Waals surface area (Å²) in [5.41, 5.74) is 1.39. The van der Waals surface area contributed by atoms with Crippen molar-refractivity contribution in [3.8, 4) is 0 Å². The van der Waals surface area contributed by atoms with Crippen molar-refractivity contribution < 1.29 is 61.5 Å². The second kappa shape index (κ2) is 44.4. The summed E-state index contributed by atoms with van der Waals surface area (Å²) in [5.74, 6) is 4.79. The summed E-state index contributed by atoms with van der Waals surface area (Å²) >= 11 is 46.4. The number of hydrogen-bond acceptors (Lipinski definition) is 8. The number of pyridine rings is 2. The molecule has 0 spiro atoms. The van der Waals surface area contributed by atoms with Gasteiger partial charge in [0.2, 0.25) is 0 Å². The third kappa shape index (κ3) is 31.5. The van der Waals surface area contributed by atoms with E-state index in [9.17, 15) is 61.5 Å². The Bertz CT molecular complexity index is 3910. The fourth-order valence-corrected chi connectivity index (χ4v) is 17.7. The van der Waals surface area contributed by atoms with E-state index in [1.165, 1.54) is 71.2 Å². The lowest BCUT2D eigenvalue weighted by Crippen LogP contribution is -2.43. The molecule has 5 saturated heterocycles. The van der Waals surface area contributed by atoms with E-state index in [2.05, 4.69) is 131 Å². The minimum atomic E-state index is -4.46. The van der Waals surface area contributed by atoms with Crippen molar-refractivity contribution >= 4 is 104 Å². The largest absolute Gasteiger partial charge is 0.418 e. The zero-order valence-electron chi connectivity index (χ0n) is 71.1. The monoisotopic (exact) mass is 1840 g/mol. The molecule has 5 aliphatic heterocycles. The highest BCUT2D eigenvalue weighted by molar-refractivity contribution is 6.35. The topological polar surface area (TPSA) is 45.2 Å². The molecule has 0 radical (unpaired) electrons. The lowest BCUT2D eigenvalue weighted by Gasteiger charge is -2.39. The smallest absolute Gasteiger partial charge is 0.359 e. The van der Waals surface area contributed by atoms with Crippen LogP contribution < -0.4 is 9.80 Å². The average Bonchev–Trinajstić information content (AvgIpc) is 1.63. The fourth-order valence-electron chi connectivity index (χ4n) is 15.7. The first kappa shape index (κ1) is 104. The molecule has 6 atom stereocenters. The molecule has 668 valence electrons. The molecule has 0 aliphatic carbocycles. The minimum Gasteiger partial charge on any atom is -0.359 e. The van der Waals surface area contributed by atoms with Gasteiger partial charge in [0, 0.05) is 95.4 Å². The molecule has 2 aromatic heterocycles. The van der Waals surface area contributed by atoms with Crippen molar-refractivity contribution in [1.82, 2.24) is 29.6 Å². The van der Waals surface area contributed by atoms with Crippen LogP contribution in [0, 0.1) is 81.1 Å². The normalized spacial score (nSPS) is 21.0. The third-order valence-corrected chi connectivity index (χ3v) is 26.9. The summed E-state index contributed by atoms with van der Waals surface area (Å²) in [5, 5.41) is 1.16. The van der Waals surface area contributed by atoms with Gasteiger partial charge >= 0.3 is 24.7 Å². The van der Waals surface area contributed by atoms with Crippen LogP contribution in [-0.4, -0.2) is 121 Å². The molecule has 6 aromatic rings. The van der Waals surface area contributed by atoms with Crippen LogP contribution >= 0.6 is 92.8 Å². The van der Waals surface area contributed by atoms with E-state index in [1.807, 2.05) is 17.0 Å². The van der Waals surface area contributed by atoms with E-state index < -0.39 is 47.9 Å². The van der Waals surface area contributed by atoms with E-state index in [0.717, 1.165) is 120 Å². The maximum absolute atomic E-state index is 13.6. The van der Waals surface area contributed by atoms with Crippen molar-refractivity contribution in [2.75, 3.05) is 88.8 Å². The van der Waals surface area contributed by atoms with E-state index in [0.29, 0.717) is 113 Å². The number of rotatable bonds is 18. The zero-order chi connectivity index (χ0) is 89.6. The summed E-state index contributed by atoms with van der Waals surface area (Å²) in [7, 11) is 1.73. The predicted molar refractivity (Wildman–Crippen MR) is 463 cm³/mol. The number of alkyl halides is 12. The predicted octanol–water partition coefficient (Wildman–Crippen LogP) is 29.7. The minimum absolute atomic E-state index is 0.111. The highest BCUT2D eigenvalue weighted by Gasteiger charge is 2.48. The number of likely N-dealkylation sites (tertiary alicyclic amines) is 4. The van der Waals surface area contributed by atoms with Gasteiger partial charge in [-0.2, -0.15) is 52.7 Å². The second-order valence-electron chi connectivity index (χ2n) is 35.7. The van der Waals surface area contributed by atoms with Crippen LogP contribution in [0.3, 0.4) is 0 Å². The zero-order valence-corrected chi connectivity index (χ0v) is 77.2. The van der Waals surface area contributed by atoms with Crippen molar-refractivity contribution in [2.45, 2.75) is 206 Å². The Morgan fingerprint density at radius 3 is 1.07 bits per heavy atom. The van der Waals surface area contributed by atoms with Crippen LogP contribution in [0.4, 0.5) is 73.1 Å². The van der Waals surface area contributed by atoms with Crippen LogP contribution in [0.25, 0.3) is 0 Å². The summed E-state index contributed by atoms with van der Waals surface area (Å²) in [4.78, 5) is 19.4. The van der Waals surface area contributed by atoms with Gasteiger partial charge in [0.05, 0.1) is 21.2 Å². The van der Waals surface area contributed by atoms with Crippen LogP contribution in [-0.2, 0) is 25.4 Å². The van der Waals surface area contributed by atoms with Crippen molar-refractivity contribution in [2.24, 2.45) is 69.5 Å². The van der Waals surface area contributed by atoms with Crippen molar-refractivity contribution in [3.63, 3.8) is 0 Å². The molecule has 5 aliphatic rings. The third-order valence-electron chi connectivity index (χ3n) is 25.0. The Morgan fingerprint density at radius 2 is 0.756 bits per heavy atom. The molecule has 4 aromatic carbocycles. The van der Waals surface area contributed by atoms with Gasteiger partial charge < -0.3 is 9.80 Å². The summed E-state index contributed by atoms with van der Waals surface area (Å²) in [6, 6.07) is 16.7. The van der Waals surface area contributed by atoms with E-state index in [1.54, 1.807) is 24.1 Å². The van der Waals surface area contributed by atoms with Gasteiger partial charge in [-0.05, 0) is 261 Å². The number of anilines is 2. The molecular weight excluding hydrogens is 1730 g/mol. The first-order valence-electron chi connectivity index (χ1n) is 40.7. The molecule has 0 N–H and O–H groups in total. The van der Waals surface area contributed by atoms with E-state index in [4.69, 9.17) is 92.8 Å². The standard InChI is InChI=1S/2C16H20Cl2F3N.2C15H21ClFN.C14H18ClF3N2.C13H18ClF3N2/c2*1-10(2)11-3-5-22(6-4-11)15(16(19,20)21)12-7-13(17)9-14(18)8-12;2*1-11(2)15(3)4-5-18(10-15)9-12-6-13(16)8-14(17)7-12;1-9(2)13(3)4-5-20(8-13)12-6-10(14(16,17)18)11(15)7-19-12;1-8(2)9(3)7-19(4)12-5-10(13(15,16)17)11(14)6-18-12/h2*7-11,15H,3-6H2,1-2H3;2*6-8,11H,4-5,9-10H2,1-3H3;6-7,9H,4-5,8H2,1-3H3;5-6,8-9H,7H2,1-4H3/t4*15-;13-;9-/m101000/s1. The first-order valence-corrected chi connectivity index (χ1v) is 43.7. The van der Waals surface area contributed by atoms with Gasteiger partial charge in [-0.25, -0.2) is 18.7 Å². The van der Waals surface area contributed by atoms with Gasteiger partial charge in [-0.1, -0.05) is 204 Å². The fraction of sp³-hybridized carbons (Fsp3) is 0.618. The molecular formula is C89H118Cl8F14N8. The van der Waals surface area contributed by atoms with Gasteiger partial charge in [0.15, 0.2) is 0 Å². The average molecular weight is 1850 g/mol. The Labute approximate surface area is 737 Å². The number of piperidine rings is 2. The lowest BCUT2D eigenvalue weighted by atomic mass is 9.78. The van der Waals surface area contributed by atoms with E-state index in [-0.39, 0.29) is 64.1 Å². The van der Waals surface area contributed by atoms with Crippen LogP contribution in [0.5, 0.6) is 0 Å². The van der Waals surface area contributed by atoms with E-state index >= 15 is 0 Å². The lowest BCUT2D eigenvalue weighted by molar-refractivity contribution is -0.191. The molecule has 5 fully saturated rings. The van der Waals surface area contributed by atoms with Gasteiger partial charge in [-0.3, -0.25) is 19.6 Å². The summed E-state index contributed by atoms with van der Waals surface area (Å²) in [6.07, 6.45) is -8.92. The van der Waals surface area contributed by atoms with Gasteiger partial charge in [0.1, 0.15) is 35.4 Å². The molecule has 0 amide bonds. The van der Waals surface area contributed by atoms with Crippen LogP contribution in [0.2, 0.25) is 40.2 Å². The SMILES string of the molecule is CC(C)C1CCN([C@@H](c2cc(Cl)cc(Cl)c2)C(F)(F)F)CC1.CC(C)C1CCN([C@H](c2cc(Cl)cc(Cl)c2)C(F)(F)F)CC1.CC(C)[C@@H](C)CN(C)c1cc(C(F)(F)F)c(Cl)cn1.CC(C)[C@@]1(C)CCN(Cc2cc(F)cc(Cl)c2)C1.CC(C)[C@@]1(C)CCN(c2cc(C(F)(F)F)c(Cl)cn2)C1.CC(C)[C@]1(C)CCN(Cc2cc(F)cc(Cl)c2)C1. The Balaban J connectivity index is 0.000000222. The van der Waals surface area contributed by atoms with Crippen LogP contribution in [0.1, 0.15) is 201 Å². The van der Waals surface area contributed by atoms with Gasteiger partial charge in [-0.15, -0.1) is 0 Å². The molecule has 7 heterocycles. The number of halogens is 22. The Hall–Kier alpha value is -4.04. The molecule has 8 nitrogen and oxygen atoms in total. The second-order valence-corrected chi connectivity index (χ2v) is 39.2. The Kier molecular flexibility index (Phi) is 38.7. The molecule has 0 saturated carbocycles. The van der Waals surface area contributed by atoms with Crippen molar-refractivity contribution in [1.29, 1.82) is 0 Å². The highest BCUT2D eigenvalue weighted by atomic mass is 35.5. The molecule has 30 heteroatoms. The molecule has 0 unspecified atom stereocenters. The van der Waals surface area contributed by atoms with Gasteiger partial charge in [0.25, 0.3) is 0 Å². The van der Waals surface area contributed by atoms with Crippen LogP contribution in [0.15, 0.2) is 97.3 Å². The number of aromatic nitrogens is 2. The molecule has 11 rings (SSSR count). The Morgan fingerprint density at radius 1 is 0.420 bits per heavy atom. The quantitative estimate of drug-likeness (QED) is 0.0789. The maximum Gasteiger partial charge on any atom is 0.418 e. The first-order chi connectivity index (χ1) is 54.9. The van der Waals surface area contributed by atoms with Crippen molar-refractivity contribution in [3.05, 3.63) is 183 Å². The number of benzene rings is 4. The summed E-state index contributed by atoms with van der Waals surface area (Å²) in [6.45, 7) is 44.7. The maximum atomic E-state index is 13.6. The summed E-state index contributed by atoms with van der Waals surface area (Å²) < 4.78 is 185. The number of hydrogen-bond donors (Lipinski definition) is 0. The number of nitrogens with zero attached hydrogens (tertiary/aromatic N) is 8. The highest BCUT2D eigenvalue weighted by Crippen LogP contribution is 2.47. The molecule has 119 heavy (non-hydrogen) atoms.